The molecule has 7 heteroatoms. The van der Waals surface area contributed by atoms with Crippen molar-refractivity contribution >= 4 is 11.6 Å². The number of hydrogen-bond acceptors (Lipinski definition) is 3. The van der Waals surface area contributed by atoms with Gasteiger partial charge in [-0.2, -0.15) is 13.2 Å². The van der Waals surface area contributed by atoms with Crippen LogP contribution in [0.25, 0.3) is 0 Å². The highest BCUT2D eigenvalue weighted by atomic mass is 19.4. The molecule has 1 amide bonds. The zero-order valence-corrected chi connectivity index (χ0v) is 16.7. The van der Waals surface area contributed by atoms with Gasteiger partial charge in [0.25, 0.3) is 0 Å². The number of anilines is 1. The topological polar surface area (TPSA) is 44.4 Å². The van der Waals surface area contributed by atoms with Crippen LogP contribution in [0, 0.1) is 17.8 Å². The van der Waals surface area contributed by atoms with E-state index in [0.717, 1.165) is 50.2 Å². The van der Waals surface area contributed by atoms with E-state index in [2.05, 4.69) is 29.4 Å². The van der Waals surface area contributed by atoms with Gasteiger partial charge in [-0.3, -0.25) is 4.79 Å². The number of alkyl halides is 3. The van der Waals surface area contributed by atoms with E-state index in [1.165, 1.54) is 0 Å². The third-order valence-corrected chi connectivity index (χ3v) is 6.10. The van der Waals surface area contributed by atoms with Gasteiger partial charge in [0.15, 0.2) is 0 Å². The molecule has 1 saturated heterocycles. The standard InChI is InChI=1S/C21H30F3N3O/c1-13(2)10-19(20(28)25-3)26-18-9-4-14-11-27(12-17(14)18)16-7-5-15(6-8-16)21(22,23)24/h5-8,13-14,17-19,26H,4,9-12H2,1-3H3,(H,25,28)/t14-,17+,18+,19-/m0/s1. The predicted octanol–water partition coefficient (Wildman–Crippen LogP) is 3.67. The molecule has 1 aliphatic carbocycles. The van der Waals surface area contributed by atoms with Crippen LogP contribution < -0.4 is 15.5 Å². The Bertz CT molecular complexity index is 674. The second kappa shape index (κ2) is 8.31. The van der Waals surface area contributed by atoms with Crippen LogP contribution in [0.15, 0.2) is 24.3 Å². The largest absolute Gasteiger partial charge is 0.416 e. The van der Waals surface area contributed by atoms with Crippen LogP contribution in [0.2, 0.25) is 0 Å². The summed E-state index contributed by atoms with van der Waals surface area (Å²) in [5.74, 6) is 1.37. The third kappa shape index (κ3) is 4.62. The monoisotopic (exact) mass is 397 g/mol. The minimum Gasteiger partial charge on any atom is -0.371 e. The SMILES string of the molecule is CNC(=O)[C@H](CC(C)C)N[C@@H]1CC[C@H]2CN(c3ccc(C(F)(F)F)cc3)C[C@H]21. The van der Waals surface area contributed by atoms with Gasteiger partial charge in [-0.15, -0.1) is 0 Å². The van der Waals surface area contributed by atoms with Crippen molar-refractivity contribution in [1.29, 1.82) is 0 Å². The van der Waals surface area contributed by atoms with Gasteiger partial charge in [0.1, 0.15) is 0 Å². The van der Waals surface area contributed by atoms with Crippen molar-refractivity contribution in [3.63, 3.8) is 0 Å². The fourth-order valence-electron chi connectivity index (χ4n) is 4.70. The second-order valence-electron chi connectivity index (χ2n) is 8.52. The van der Waals surface area contributed by atoms with Crippen LogP contribution in [0.5, 0.6) is 0 Å². The van der Waals surface area contributed by atoms with Gasteiger partial charge in [0.2, 0.25) is 5.91 Å². The van der Waals surface area contributed by atoms with Crippen LogP contribution in [0.1, 0.15) is 38.7 Å². The molecule has 1 heterocycles. The lowest BCUT2D eigenvalue weighted by atomic mass is 9.95. The van der Waals surface area contributed by atoms with Crippen LogP contribution in [-0.2, 0) is 11.0 Å². The quantitative estimate of drug-likeness (QED) is 0.770. The Balaban J connectivity index is 1.65. The predicted molar refractivity (Wildman–Crippen MR) is 104 cm³/mol. The Morgan fingerprint density at radius 3 is 2.43 bits per heavy atom. The number of nitrogens with one attached hydrogen (secondary N) is 2. The minimum absolute atomic E-state index is 0.0229. The number of carbonyl (C=O) groups excluding carboxylic acids is 1. The first-order valence-electron chi connectivity index (χ1n) is 10.1. The number of amides is 1. The number of rotatable bonds is 6. The van der Waals surface area contributed by atoms with Gasteiger partial charge < -0.3 is 15.5 Å². The normalized spacial score (nSPS) is 25.8. The number of fused-ring (bicyclic) bond motifs is 1. The first kappa shape index (κ1) is 21.0. The summed E-state index contributed by atoms with van der Waals surface area (Å²) in [4.78, 5) is 14.4. The number of halogens is 3. The summed E-state index contributed by atoms with van der Waals surface area (Å²) in [6, 6.07) is 5.52. The summed E-state index contributed by atoms with van der Waals surface area (Å²) in [5.41, 5.74) is 0.225. The Hall–Kier alpha value is -1.76. The molecule has 1 saturated carbocycles. The molecule has 0 aromatic heterocycles. The molecule has 2 fully saturated rings. The van der Waals surface area contributed by atoms with E-state index >= 15 is 0 Å². The summed E-state index contributed by atoms with van der Waals surface area (Å²) >= 11 is 0. The van der Waals surface area contributed by atoms with E-state index in [9.17, 15) is 18.0 Å². The molecule has 0 bridgehead atoms. The molecule has 3 rings (SSSR count). The van der Waals surface area contributed by atoms with Crippen LogP contribution in [0.3, 0.4) is 0 Å². The second-order valence-corrected chi connectivity index (χ2v) is 8.52. The molecule has 0 unspecified atom stereocenters. The highest BCUT2D eigenvalue weighted by Gasteiger charge is 2.43. The average molecular weight is 397 g/mol. The molecule has 0 radical (unpaired) electrons. The smallest absolute Gasteiger partial charge is 0.371 e. The maximum absolute atomic E-state index is 12.8. The fourth-order valence-corrected chi connectivity index (χ4v) is 4.70. The molecule has 2 aliphatic rings. The molecule has 1 aliphatic heterocycles. The van der Waals surface area contributed by atoms with Crippen molar-refractivity contribution < 1.29 is 18.0 Å². The average Bonchev–Trinajstić information content (AvgIpc) is 3.21. The highest BCUT2D eigenvalue weighted by molar-refractivity contribution is 5.81. The van der Waals surface area contributed by atoms with Crippen molar-refractivity contribution in [1.82, 2.24) is 10.6 Å². The molecule has 1 aromatic rings. The fraction of sp³-hybridized carbons (Fsp3) is 0.667. The van der Waals surface area contributed by atoms with E-state index in [0.29, 0.717) is 17.8 Å². The molecule has 4 atom stereocenters. The van der Waals surface area contributed by atoms with Crippen molar-refractivity contribution in [2.75, 3.05) is 25.0 Å². The Kier molecular flexibility index (Phi) is 6.22. The third-order valence-electron chi connectivity index (χ3n) is 6.10. The van der Waals surface area contributed by atoms with E-state index in [-0.39, 0.29) is 18.0 Å². The van der Waals surface area contributed by atoms with Gasteiger partial charge in [-0.25, -0.2) is 0 Å². The van der Waals surface area contributed by atoms with Gasteiger partial charge in [0, 0.05) is 31.9 Å². The van der Waals surface area contributed by atoms with E-state index in [1.807, 2.05) is 0 Å². The number of likely N-dealkylation sites (N-methyl/N-ethyl adjacent to an activating group) is 1. The maximum Gasteiger partial charge on any atom is 0.416 e. The Labute approximate surface area is 164 Å². The maximum atomic E-state index is 12.8. The minimum atomic E-state index is -4.31. The molecule has 156 valence electrons. The molecule has 1 aromatic carbocycles. The number of hydrogen-bond donors (Lipinski definition) is 2. The Morgan fingerprint density at radius 2 is 1.86 bits per heavy atom. The summed E-state index contributed by atoms with van der Waals surface area (Å²) in [7, 11) is 1.66. The van der Waals surface area contributed by atoms with E-state index in [4.69, 9.17) is 0 Å². The molecule has 0 spiro atoms. The summed E-state index contributed by atoms with van der Waals surface area (Å²) in [5, 5.41) is 6.34. The lowest BCUT2D eigenvalue weighted by Gasteiger charge is -2.28. The molecular weight excluding hydrogens is 367 g/mol. The summed E-state index contributed by atoms with van der Waals surface area (Å²) in [6.07, 6.45) is -1.39. The lowest BCUT2D eigenvalue weighted by molar-refractivity contribution is -0.137. The highest BCUT2D eigenvalue weighted by Crippen LogP contribution is 2.41. The number of benzene rings is 1. The number of nitrogens with zero attached hydrogens (tertiary/aromatic N) is 1. The number of carbonyl (C=O) groups is 1. The van der Waals surface area contributed by atoms with E-state index in [1.54, 1.807) is 19.2 Å². The Morgan fingerprint density at radius 1 is 1.18 bits per heavy atom. The van der Waals surface area contributed by atoms with Crippen molar-refractivity contribution in [3.05, 3.63) is 29.8 Å². The van der Waals surface area contributed by atoms with Crippen LogP contribution in [-0.4, -0.2) is 38.1 Å². The van der Waals surface area contributed by atoms with Gasteiger partial charge in [-0.05, 0) is 61.3 Å². The van der Waals surface area contributed by atoms with Gasteiger partial charge >= 0.3 is 6.18 Å². The van der Waals surface area contributed by atoms with E-state index < -0.39 is 11.7 Å². The zero-order chi connectivity index (χ0) is 20.5. The molecule has 4 nitrogen and oxygen atoms in total. The van der Waals surface area contributed by atoms with Crippen molar-refractivity contribution in [2.45, 2.75) is 51.4 Å². The first-order chi connectivity index (χ1) is 13.2. The molecule has 2 N–H and O–H groups in total. The first-order valence-corrected chi connectivity index (χ1v) is 10.1. The van der Waals surface area contributed by atoms with Gasteiger partial charge in [-0.1, -0.05) is 13.8 Å². The summed E-state index contributed by atoms with van der Waals surface area (Å²) in [6.45, 7) is 5.90. The van der Waals surface area contributed by atoms with Crippen LogP contribution >= 0.6 is 0 Å². The van der Waals surface area contributed by atoms with Gasteiger partial charge in [0.05, 0.1) is 11.6 Å². The summed E-state index contributed by atoms with van der Waals surface area (Å²) < 4.78 is 38.4. The zero-order valence-electron chi connectivity index (χ0n) is 16.7. The van der Waals surface area contributed by atoms with Crippen molar-refractivity contribution in [2.24, 2.45) is 17.8 Å². The molecular formula is C21H30F3N3O. The van der Waals surface area contributed by atoms with Crippen molar-refractivity contribution in [3.8, 4) is 0 Å². The lowest BCUT2D eigenvalue weighted by Crippen LogP contribution is -2.50. The van der Waals surface area contributed by atoms with Crippen LogP contribution in [0.4, 0.5) is 18.9 Å². The molecule has 28 heavy (non-hydrogen) atoms.